The first-order valence-electron chi connectivity index (χ1n) is 12.2. The summed E-state index contributed by atoms with van der Waals surface area (Å²) in [6, 6.07) is 8.04. The van der Waals surface area contributed by atoms with Crippen molar-refractivity contribution in [2.24, 2.45) is 0 Å². The molecule has 2 aromatic heterocycles. The summed E-state index contributed by atoms with van der Waals surface area (Å²) in [5, 5.41) is 4.21. The molecule has 8 nitrogen and oxygen atoms in total. The van der Waals surface area contributed by atoms with E-state index in [0.29, 0.717) is 29.5 Å². The fraction of sp³-hybridized carbons (Fsp3) is 0.462. The number of methoxy groups -OCH3 is 1. The number of nitrogens with zero attached hydrogens (tertiary/aromatic N) is 4. The van der Waals surface area contributed by atoms with Crippen molar-refractivity contribution < 1.29 is 9.53 Å². The summed E-state index contributed by atoms with van der Waals surface area (Å²) in [6.07, 6.45) is 11.3. The van der Waals surface area contributed by atoms with Crippen LogP contribution in [-0.2, 0) is 4.74 Å². The highest BCUT2D eigenvalue weighted by Crippen LogP contribution is 2.31. The number of hydrogen-bond donors (Lipinski definition) is 2. The Kier molecular flexibility index (Phi) is 6.58. The average Bonchev–Trinajstić information content (AvgIpc) is 2.89. The Morgan fingerprint density at radius 3 is 2.47 bits per heavy atom. The number of piperidine rings is 1. The summed E-state index contributed by atoms with van der Waals surface area (Å²) in [7, 11) is 1.78. The van der Waals surface area contributed by atoms with Crippen molar-refractivity contribution in [1.82, 2.24) is 19.9 Å². The SMILES string of the molecule is CO[C@H]1CC[C@H](Nc2ncc3c(N)ncc(-c4ccc(C(=O)N5CCCCC5)cc4)c3n2)CC1. The number of rotatable bonds is 5. The van der Waals surface area contributed by atoms with E-state index in [0.717, 1.165) is 73.6 Å². The average molecular weight is 461 g/mol. The Bertz CT molecular complexity index is 1150. The highest BCUT2D eigenvalue weighted by atomic mass is 16.5. The second-order valence-electron chi connectivity index (χ2n) is 9.30. The van der Waals surface area contributed by atoms with Crippen molar-refractivity contribution in [2.75, 3.05) is 31.2 Å². The summed E-state index contributed by atoms with van der Waals surface area (Å²) < 4.78 is 5.48. The first-order chi connectivity index (χ1) is 16.6. The Hall–Kier alpha value is -3.26. The van der Waals surface area contributed by atoms with Crippen LogP contribution in [0.2, 0.25) is 0 Å². The third-order valence-electron chi connectivity index (χ3n) is 7.08. The maximum absolute atomic E-state index is 12.8. The Morgan fingerprint density at radius 1 is 1.03 bits per heavy atom. The molecule has 1 amide bonds. The quantitative estimate of drug-likeness (QED) is 0.586. The predicted molar refractivity (Wildman–Crippen MR) is 134 cm³/mol. The number of hydrogen-bond acceptors (Lipinski definition) is 7. The summed E-state index contributed by atoms with van der Waals surface area (Å²) in [4.78, 5) is 28.5. The predicted octanol–water partition coefficient (Wildman–Crippen LogP) is 4.27. The number of carbonyl (C=O) groups is 1. The van der Waals surface area contributed by atoms with Crippen LogP contribution in [-0.4, -0.2) is 58.1 Å². The number of ether oxygens (including phenoxy) is 1. The number of benzene rings is 1. The van der Waals surface area contributed by atoms with Gasteiger partial charge in [0.1, 0.15) is 5.82 Å². The maximum atomic E-state index is 12.8. The van der Waals surface area contributed by atoms with E-state index in [9.17, 15) is 4.79 Å². The van der Waals surface area contributed by atoms with E-state index in [1.54, 1.807) is 19.5 Å². The number of nitrogens with two attached hydrogens (primary N) is 1. The topological polar surface area (TPSA) is 106 Å². The molecule has 1 aliphatic carbocycles. The molecule has 0 atom stereocenters. The van der Waals surface area contributed by atoms with Crippen LogP contribution in [0.3, 0.4) is 0 Å². The Labute approximate surface area is 199 Å². The maximum Gasteiger partial charge on any atom is 0.253 e. The minimum absolute atomic E-state index is 0.101. The van der Waals surface area contributed by atoms with E-state index in [-0.39, 0.29) is 5.91 Å². The lowest BCUT2D eigenvalue weighted by Crippen LogP contribution is -2.35. The highest BCUT2D eigenvalue weighted by molar-refractivity contribution is 5.99. The van der Waals surface area contributed by atoms with Gasteiger partial charge in [0.15, 0.2) is 0 Å². The molecule has 0 bridgehead atoms. The van der Waals surface area contributed by atoms with E-state index in [1.165, 1.54) is 6.42 Å². The van der Waals surface area contributed by atoms with Crippen LogP contribution in [0.25, 0.3) is 22.0 Å². The van der Waals surface area contributed by atoms with Gasteiger partial charge in [-0.15, -0.1) is 0 Å². The van der Waals surface area contributed by atoms with Gasteiger partial charge in [0, 0.05) is 49.8 Å². The van der Waals surface area contributed by atoms with Gasteiger partial charge < -0.3 is 20.7 Å². The number of amides is 1. The lowest BCUT2D eigenvalue weighted by Gasteiger charge is -2.28. The zero-order chi connectivity index (χ0) is 23.5. The summed E-state index contributed by atoms with van der Waals surface area (Å²) >= 11 is 0. The second kappa shape index (κ2) is 9.93. The molecule has 1 saturated heterocycles. The molecule has 3 heterocycles. The lowest BCUT2D eigenvalue weighted by atomic mass is 9.93. The monoisotopic (exact) mass is 460 g/mol. The molecule has 0 unspecified atom stereocenters. The number of anilines is 2. The molecule has 3 N–H and O–H groups in total. The van der Waals surface area contributed by atoms with Crippen LogP contribution in [0.5, 0.6) is 0 Å². The number of nitrogens with one attached hydrogen (secondary N) is 1. The third-order valence-corrected chi connectivity index (χ3v) is 7.08. The Balaban J connectivity index is 1.39. The number of aromatic nitrogens is 3. The number of likely N-dealkylation sites (tertiary alicyclic amines) is 1. The van der Waals surface area contributed by atoms with Crippen LogP contribution in [0.15, 0.2) is 36.7 Å². The van der Waals surface area contributed by atoms with Gasteiger partial charge in [-0.05, 0) is 62.6 Å². The molecular formula is C26H32N6O2. The van der Waals surface area contributed by atoms with Crippen molar-refractivity contribution >= 4 is 28.6 Å². The van der Waals surface area contributed by atoms with Crippen LogP contribution < -0.4 is 11.1 Å². The molecule has 2 fully saturated rings. The van der Waals surface area contributed by atoms with Crippen molar-refractivity contribution in [1.29, 1.82) is 0 Å². The van der Waals surface area contributed by atoms with Gasteiger partial charge in [-0.25, -0.2) is 15.0 Å². The van der Waals surface area contributed by atoms with Gasteiger partial charge >= 0.3 is 0 Å². The summed E-state index contributed by atoms with van der Waals surface area (Å²) in [5.74, 6) is 1.10. The van der Waals surface area contributed by atoms with Crippen molar-refractivity contribution in [2.45, 2.75) is 57.1 Å². The zero-order valence-electron chi connectivity index (χ0n) is 19.7. The van der Waals surface area contributed by atoms with Gasteiger partial charge in [-0.3, -0.25) is 4.79 Å². The molecule has 34 heavy (non-hydrogen) atoms. The fourth-order valence-corrected chi connectivity index (χ4v) is 5.02. The number of nitrogen functional groups attached to an aromatic ring is 1. The van der Waals surface area contributed by atoms with Crippen LogP contribution in [0.4, 0.5) is 11.8 Å². The molecule has 0 spiro atoms. The molecular weight excluding hydrogens is 428 g/mol. The smallest absolute Gasteiger partial charge is 0.253 e. The van der Waals surface area contributed by atoms with Crippen LogP contribution in [0, 0.1) is 0 Å². The molecule has 8 heteroatoms. The van der Waals surface area contributed by atoms with Gasteiger partial charge in [-0.2, -0.15) is 0 Å². The van der Waals surface area contributed by atoms with Gasteiger partial charge in [0.25, 0.3) is 5.91 Å². The Morgan fingerprint density at radius 2 is 1.76 bits per heavy atom. The molecule has 5 rings (SSSR count). The van der Waals surface area contributed by atoms with Crippen LogP contribution in [0.1, 0.15) is 55.3 Å². The minimum atomic E-state index is 0.101. The first kappa shape index (κ1) is 22.5. The molecule has 1 aromatic carbocycles. The first-order valence-corrected chi connectivity index (χ1v) is 12.2. The summed E-state index contributed by atoms with van der Waals surface area (Å²) in [5.41, 5.74) is 9.42. The van der Waals surface area contributed by atoms with E-state index in [4.69, 9.17) is 15.5 Å². The summed E-state index contributed by atoms with van der Waals surface area (Å²) in [6.45, 7) is 1.68. The number of carbonyl (C=O) groups excluding carboxylic acids is 1. The van der Waals surface area contributed by atoms with Crippen molar-refractivity contribution in [3.63, 3.8) is 0 Å². The lowest BCUT2D eigenvalue weighted by molar-refractivity contribution is 0.0681. The standard InChI is InChI=1S/C26H32N6O2/c1-34-20-11-9-19(10-12-20)30-26-29-16-22-23(31-26)21(15-28-24(22)27)17-5-7-18(8-6-17)25(33)32-13-3-2-4-14-32/h5-8,15-16,19-20H,2-4,9-14H2,1H3,(H2,27,28)(H,29,30,31)/t19-,20-. The normalized spacial score (nSPS) is 20.9. The largest absolute Gasteiger partial charge is 0.383 e. The minimum Gasteiger partial charge on any atom is -0.383 e. The molecule has 1 saturated carbocycles. The van der Waals surface area contributed by atoms with Crippen molar-refractivity contribution in [3.8, 4) is 11.1 Å². The van der Waals surface area contributed by atoms with Crippen molar-refractivity contribution in [3.05, 3.63) is 42.2 Å². The molecule has 0 radical (unpaired) electrons. The van der Waals surface area contributed by atoms with E-state index >= 15 is 0 Å². The molecule has 178 valence electrons. The number of pyridine rings is 1. The zero-order valence-corrected chi connectivity index (χ0v) is 19.7. The molecule has 2 aliphatic rings. The second-order valence-corrected chi connectivity index (χ2v) is 9.30. The fourth-order valence-electron chi connectivity index (χ4n) is 5.02. The van der Waals surface area contributed by atoms with Gasteiger partial charge in [0.05, 0.1) is 17.0 Å². The van der Waals surface area contributed by atoms with Crippen LogP contribution >= 0.6 is 0 Å². The van der Waals surface area contributed by atoms with E-state index in [2.05, 4.69) is 15.3 Å². The van der Waals surface area contributed by atoms with Gasteiger partial charge in [0.2, 0.25) is 5.95 Å². The third kappa shape index (κ3) is 4.68. The van der Waals surface area contributed by atoms with E-state index in [1.807, 2.05) is 29.2 Å². The molecule has 3 aromatic rings. The molecule has 1 aliphatic heterocycles. The number of fused-ring (bicyclic) bond motifs is 1. The highest BCUT2D eigenvalue weighted by Gasteiger charge is 2.22. The van der Waals surface area contributed by atoms with Gasteiger partial charge in [-0.1, -0.05) is 12.1 Å². The van der Waals surface area contributed by atoms with E-state index < -0.39 is 0 Å².